The van der Waals surface area contributed by atoms with Crippen LogP contribution in [-0.4, -0.2) is 9.38 Å². The maximum absolute atomic E-state index is 4.78. The number of fused-ring (bicyclic) bond motifs is 4. The van der Waals surface area contributed by atoms with Gasteiger partial charge in [0.25, 0.3) is 0 Å². The molecule has 0 amide bonds. The standard InChI is InChI=1S/C21H18N2/c1-12-8-13(2)20-15(9-12)10-18-14(3)16-6-4-5-7-17(16)21-22-11-19(20)23(18)21/h4-9,11H,10H2,1-3H3. The summed E-state index contributed by atoms with van der Waals surface area (Å²) < 4.78 is 2.38. The molecule has 0 aliphatic carbocycles. The van der Waals surface area contributed by atoms with E-state index < -0.39 is 0 Å². The van der Waals surface area contributed by atoms with Crippen LogP contribution in [0.3, 0.4) is 0 Å². The van der Waals surface area contributed by atoms with E-state index in [1.165, 1.54) is 50.0 Å². The molecule has 1 aliphatic heterocycles. The van der Waals surface area contributed by atoms with Crippen molar-refractivity contribution in [1.29, 1.82) is 0 Å². The first-order valence-corrected chi connectivity index (χ1v) is 8.13. The quantitative estimate of drug-likeness (QED) is 0.394. The van der Waals surface area contributed by atoms with E-state index in [0.717, 1.165) is 12.1 Å². The number of benzene rings is 2. The van der Waals surface area contributed by atoms with Crippen LogP contribution < -0.4 is 0 Å². The first-order chi connectivity index (χ1) is 11.1. The lowest BCUT2D eigenvalue weighted by Crippen LogP contribution is -2.11. The fourth-order valence-corrected chi connectivity index (χ4v) is 4.27. The summed E-state index contributed by atoms with van der Waals surface area (Å²) in [5.74, 6) is 0. The predicted molar refractivity (Wildman–Crippen MR) is 95.2 cm³/mol. The van der Waals surface area contributed by atoms with Gasteiger partial charge in [0.1, 0.15) is 5.65 Å². The molecule has 3 heterocycles. The van der Waals surface area contributed by atoms with Crippen LogP contribution in [0.5, 0.6) is 0 Å². The Balaban J connectivity index is 2.02. The molecule has 0 unspecified atom stereocenters. The molecule has 0 saturated heterocycles. The Bertz CT molecular complexity index is 1120. The van der Waals surface area contributed by atoms with Crippen molar-refractivity contribution in [2.45, 2.75) is 27.2 Å². The number of aromatic nitrogens is 2. The van der Waals surface area contributed by atoms with Crippen LogP contribution in [0.2, 0.25) is 0 Å². The molecule has 0 atom stereocenters. The summed E-state index contributed by atoms with van der Waals surface area (Å²) >= 11 is 0. The number of aryl methyl sites for hydroxylation is 3. The molecular weight excluding hydrogens is 280 g/mol. The zero-order chi connectivity index (χ0) is 15.7. The Hall–Kier alpha value is -2.61. The molecule has 0 radical (unpaired) electrons. The summed E-state index contributed by atoms with van der Waals surface area (Å²) in [6.45, 7) is 6.64. The molecule has 2 heteroatoms. The molecule has 2 aromatic heterocycles. The molecule has 5 rings (SSSR count). The van der Waals surface area contributed by atoms with Crippen LogP contribution >= 0.6 is 0 Å². The first kappa shape index (κ1) is 12.9. The summed E-state index contributed by atoms with van der Waals surface area (Å²) in [6, 6.07) is 13.2. The van der Waals surface area contributed by atoms with E-state index in [2.05, 4.69) is 61.6 Å². The van der Waals surface area contributed by atoms with Gasteiger partial charge in [-0.05, 0) is 42.8 Å². The van der Waals surface area contributed by atoms with Crippen LogP contribution in [0.25, 0.3) is 27.7 Å². The number of rotatable bonds is 0. The van der Waals surface area contributed by atoms with Gasteiger partial charge in [-0.3, -0.25) is 4.40 Å². The lowest BCUT2D eigenvalue weighted by Gasteiger charge is -2.23. The lowest BCUT2D eigenvalue weighted by atomic mass is 9.89. The largest absolute Gasteiger partial charge is 0.295 e. The van der Waals surface area contributed by atoms with Gasteiger partial charge in [0.05, 0.1) is 11.9 Å². The molecule has 0 spiro atoms. The van der Waals surface area contributed by atoms with Crippen molar-refractivity contribution in [2.75, 3.05) is 0 Å². The highest BCUT2D eigenvalue weighted by Crippen LogP contribution is 2.39. The number of imidazole rings is 1. The Morgan fingerprint density at radius 1 is 1.00 bits per heavy atom. The van der Waals surface area contributed by atoms with E-state index in [4.69, 9.17) is 4.98 Å². The van der Waals surface area contributed by atoms with Gasteiger partial charge in [-0.25, -0.2) is 4.98 Å². The lowest BCUT2D eigenvalue weighted by molar-refractivity contribution is 0.966. The summed E-state index contributed by atoms with van der Waals surface area (Å²) in [4.78, 5) is 4.78. The van der Waals surface area contributed by atoms with Crippen molar-refractivity contribution < 1.29 is 0 Å². The molecule has 0 N–H and O–H groups in total. The normalized spacial score (nSPS) is 12.8. The maximum atomic E-state index is 4.78. The average molecular weight is 298 g/mol. The highest BCUT2D eigenvalue weighted by Gasteiger charge is 2.24. The molecule has 2 aromatic carbocycles. The van der Waals surface area contributed by atoms with Gasteiger partial charge in [-0.1, -0.05) is 42.0 Å². The number of nitrogens with zero attached hydrogens (tertiary/aromatic N) is 2. The van der Waals surface area contributed by atoms with Crippen LogP contribution in [0, 0.1) is 20.8 Å². The molecule has 23 heavy (non-hydrogen) atoms. The van der Waals surface area contributed by atoms with Crippen molar-refractivity contribution in [3.05, 3.63) is 70.5 Å². The fraction of sp³-hybridized carbons (Fsp3) is 0.190. The molecule has 2 nitrogen and oxygen atoms in total. The van der Waals surface area contributed by atoms with Crippen LogP contribution in [-0.2, 0) is 6.42 Å². The van der Waals surface area contributed by atoms with Crippen molar-refractivity contribution in [1.82, 2.24) is 9.38 Å². The summed E-state index contributed by atoms with van der Waals surface area (Å²) in [5, 5.41) is 2.56. The fourth-order valence-electron chi connectivity index (χ4n) is 4.27. The predicted octanol–water partition coefficient (Wildman–Crippen LogP) is 4.98. The third-order valence-electron chi connectivity index (χ3n) is 5.21. The van der Waals surface area contributed by atoms with Crippen LogP contribution in [0.1, 0.15) is 27.9 Å². The van der Waals surface area contributed by atoms with E-state index in [-0.39, 0.29) is 0 Å². The van der Waals surface area contributed by atoms with Gasteiger partial charge in [0.2, 0.25) is 0 Å². The van der Waals surface area contributed by atoms with Gasteiger partial charge >= 0.3 is 0 Å². The molecule has 0 bridgehead atoms. The van der Waals surface area contributed by atoms with E-state index in [1.807, 2.05) is 6.20 Å². The van der Waals surface area contributed by atoms with Gasteiger partial charge in [0.15, 0.2) is 0 Å². The van der Waals surface area contributed by atoms with E-state index >= 15 is 0 Å². The van der Waals surface area contributed by atoms with Crippen LogP contribution in [0.15, 0.2) is 42.6 Å². The monoisotopic (exact) mass is 298 g/mol. The third-order valence-corrected chi connectivity index (χ3v) is 5.21. The van der Waals surface area contributed by atoms with E-state index in [0.29, 0.717) is 0 Å². The molecule has 0 saturated carbocycles. The highest BCUT2D eigenvalue weighted by molar-refractivity contribution is 5.98. The molecule has 4 aromatic rings. The molecule has 112 valence electrons. The topological polar surface area (TPSA) is 17.3 Å². The van der Waals surface area contributed by atoms with Crippen molar-refractivity contribution in [2.24, 2.45) is 0 Å². The summed E-state index contributed by atoms with van der Waals surface area (Å²) in [5.41, 5.74) is 10.5. The maximum Gasteiger partial charge on any atom is 0.145 e. The Morgan fingerprint density at radius 3 is 2.61 bits per heavy atom. The van der Waals surface area contributed by atoms with Gasteiger partial charge in [-0.15, -0.1) is 0 Å². The summed E-state index contributed by atoms with van der Waals surface area (Å²) in [6.07, 6.45) is 3.03. The minimum Gasteiger partial charge on any atom is -0.295 e. The highest BCUT2D eigenvalue weighted by atomic mass is 15.0. The zero-order valence-electron chi connectivity index (χ0n) is 13.6. The first-order valence-electron chi connectivity index (χ1n) is 8.13. The van der Waals surface area contributed by atoms with Gasteiger partial charge in [-0.2, -0.15) is 0 Å². The number of hydrogen-bond donors (Lipinski definition) is 0. The second-order valence-corrected chi connectivity index (χ2v) is 6.71. The second-order valence-electron chi connectivity index (χ2n) is 6.71. The number of pyridine rings is 1. The molecular formula is C21H18N2. The van der Waals surface area contributed by atoms with Crippen molar-refractivity contribution in [3.63, 3.8) is 0 Å². The molecule has 0 fully saturated rings. The SMILES string of the molecule is Cc1cc(C)c2c(c1)Cc1c(C)c3ccccc3c3ncc-2n13. The summed E-state index contributed by atoms with van der Waals surface area (Å²) in [7, 11) is 0. The van der Waals surface area contributed by atoms with Gasteiger partial charge < -0.3 is 0 Å². The zero-order valence-corrected chi connectivity index (χ0v) is 13.6. The minimum absolute atomic E-state index is 0.981. The van der Waals surface area contributed by atoms with Crippen LogP contribution in [0.4, 0.5) is 0 Å². The van der Waals surface area contributed by atoms with E-state index in [1.54, 1.807) is 0 Å². The minimum atomic E-state index is 0.981. The smallest absolute Gasteiger partial charge is 0.145 e. The number of hydrogen-bond acceptors (Lipinski definition) is 1. The Morgan fingerprint density at radius 2 is 1.78 bits per heavy atom. The second kappa shape index (κ2) is 4.23. The third kappa shape index (κ3) is 1.56. The van der Waals surface area contributed by atoms with Gasteiger partial charge in [0, 0.05) is 23.1 Å². The average Bonchev–Trinajstić information content (AvgIpc) is 2.97. The molecule has 1 aliphatic rings. The van der Waals surface area contributed by atoms with E-state index in [9.17, 15) is 0 Å². The Labute approximate surface area is 135 Å². The Kier molecular flexibility index (Phi) is 2.37. The van der Waals surface area contributed by atoms with Crippen molar-refractivity contribution >= 4 is 16.4 Å². The van der Waals surface area contributed by atoms with Crippen molar-refractivity contribution in [3.8, 4) is 11.3 Å².